The van der Waals surface area contributed by atoms with Crippen molar-refractivity contribution >= 4 is 0 Å². The molecular formula is C6H10N2O2. The van der Waals surface area contributed by atoms with Gasteiger partial charge in [0.1, 0.15) is 6.23 Å². The fourth-order valence-electron chi connectivity index (χ4n) is 1.62. The van der Waals surface area contributed by atoms with Crippen LogP contribution in [-0.2, 0) is 4.74 Å². The molecule has 2 rings (SSSR count). The van der Waals surface area contributed by atoms with Crippen molar-refractivity contribution in [1.82, 2.24) is 5.32 Å². The van der Waals surface area contributed by atoms with Crippen molar-refractivity contribution in [2.75, 3.05) is 6.61 Å². The van der Waals surface area contributed by atoms with Gasteiger partial charge >= 0.3 is 0 Å². The van der Waals surface area contributed by atoms with Crippen LogP contribution in [0.2, 0.25) is 0 Å². The van der Waals surface area contributed by atoms with Crippen molar-refractivity contribution in [3.63, 3.8) is 0 Å². The summed E-state index contributed by atoms with van der Waals surface area (Å²) in [6.45, 7) is 0.747. The molecule has 4 heteroatoms. The molecule has 0 amide bonds. The second kappa shape index (κ2) is 2.29. The van der Waals surface area contributed by atoms with E-state index in [9.17, 15) is 4.91 Å². The quantitative estimate of drug-likeness (QED) is 0.533. The van der Waals surface area contributed by atoms with E-state index in [1.807, 2.05) is 0 Å². The molecule has 0 aliphatic carbocycles. The Balaban J connectivity index is 2.02. The summed E-state index contributed by atoms with van der Waals surface area (Å²) in [6, 6.07) is 0.361. The van der Waals surface area contributed by atoms with Gasteiger partial charge in [-0.2, -0.15) is 4.91 Å². The molecule has 56 valence electrons. The van der Waals surface area contributed by atoms with Crippen LogP contribution in [0.15, 0.2) is 5.18 Å². The summed E-state index contributed by atoms with van der Waals surface area (Å²) in [7, 11) is 0. The monoisotopic (exact) mass is 142 g/mol. The number of rotatable bonds is 1. The maximum atomic E-state index is 10.1. The summed E-state index contributed by atoms with van der Waals surface area (Å²) in [6.07, 6.45) is 1.70. The number of ether oxygens (including phenoxy) is 1. The Morgan fingerprint density at radius 1 is 1.50 bits per heavy atom. The molecule has 2 heterocycles. The van der Waals surface area contributed by atoms with E-state index in [2.05, 4.69) is 10.5 Å². The van der Waals surface area contributed by atoms with E-state index in [4.69, 9.17) is 4.74 Å². The molecule has 0 spiro atoms. The Morgan fingerprint density at radius 3 is 3.10 bits per heavy atom. The molecule has 0 aromatic heterocycles. The summed E-state index contributed by atoms with van der Waals surface area (Å²) in [5.41, 5.74) is 0. The molecule has 2 aliphatic heterocycles. The second-order valence-electron chi connectivity index (χ2n) is 2.92. The van der Waals surface area contributed by atoms with E-state index in [0.717, 1.165) is 19.4 Å². The third kappa shape index (κ3) is 0.932. The van der Waals surface area contributed by atoms with E-state index in [0.29, 0.717) is 6.04 Å². The lowest BCUT2D eigenvalue weighted by Crippen LogP contribution is -2.40. The van der Waals surface area contributed by atoms with Gasteiger partial charge in [-0.15, -0.1) is 0 Å². The van der Waals surface area contributed by atoms with Crippen LogP contribution >= 0.6 is 0 Å². The molecule has 3 unspecified atom stereocenters. The zero-order chi connectivity index (χ0) is 6.97. The molecular weight excluding hydrogens is 132 g/mol. The molecule has 1 N–H and O–H groups in total. The topological polar surface area (TPSA) is 50.7 Å². The van der Waals surface area contributed by atoms with Crippen LogP contribution < -0.4 is 5.32 Å². The lowest BCUT2D eigenvalue weighted by molar-refractivity contribution is 0.0920. The van der Waals surface area contributed by atoms with Gasteiger partial charge in [0.15, 0.2) is 0 Å². The minimum absolute atomic E-state index is 0.0150. The molecule has 3 atom stereocenters. The van der Waals surface area contributed by atoms with Crippen molar-refractivity contribution in [3.8, 4) is 0 Å². The van der Waals surface area contributed by atoms with Crippen LogP contribution in [-0.4, -0.2) is 24.9 Å². The minimum Gasteiger partial charge on any atom is -0.362 e. The Morgan fingerprint density at radius 2 is 2.40 bits per heavy atom. The molecule has 2 saturated heterocycles. The summed E-state index contributed by atoms with van der Waals surface area (Å²) in [4.78, 5) is 10.1. The van der Waals surface area contributed by atoms with Gasteiger partial charge in [-0.1, -0.05) is 5.18 Å². The van der Waals surface area contributed by atoms with Crippen molar-refractivity contribution in [3.05, 3.63) is 4.91 Å². The van der Waals surface area contributed by atoms with Crippen LogP contribution in [0.3, 0.4) is 0 Å². The van der Waals surface area contributed by atoms with Crippen LogP contribution in [0.25, 0.3) is 0 Å². The van der Waals surface area contributed by atoms with Gasteiger partial charge in [-0.3, -0.25) is 5.32 Å². The minimum atomic E-state index is -0.0150. The fourth-order valence-corrected chi connectivity index (χ4v) is 1.62. The first-order valence-corrected chi connectivity index (χ1v) is 3.58. The normalized spacial score (nSPS) is 45.4. The predicted molar refractivity (Wildman–Crippen MR) is 35.5 cm³/mol. The van der Waals surface area contributed by atoms with Gasteiger partial charge in [0.05, 0.1) is 12.6 Å². The Bertz CT molecular complexity index is 139. The first-order chi connectivity index (χ1) is 4.88. The van der Waals surface area contributed by atoms with E-state index in [1.54, 1.807) is 0 Å². The SMILES string of the molecule is O=NC1CC2COC(C1)N2. The van der Waals surface area contributed by atoms with Crippen molar-refractivity contribution < 1.29 is 4.74 Å². The van der Waals surface area contributed by atoms with E-state index >= 15 is 0 Å². The van der Waals surface area contributed by atoms with Crippen molar-refractivity contribution in [2.24, 2.45) is 5.18 Å². The summed E-state index contributed by atoms with van der Waals surface area (Å²) in [5.74, 6) is 0. The fraction of sp³-hybridized carbons (Fsp3) is 1.00. The maximum absolute atomic E-state index is 10.1. The van der Waals surface area contributed by atoms with E-state index < -0.39 is 0 Å². The van der Waals surface area contributed by atoms with Crippen LogP contribution in [0.1, 0.15) is 12.8 Å². The average Bonchev–Trinajstić information content (AvgIpc) is 2.30. The standard InChI is InChI=1S/C6H10N2O2/c9-8-4-1-5-3-10-6(2-4)7-5/h4-7H,1-3H2. The van der Waals surface area contributed by atoms with Crippen molar-refractivity contribution in [1.29, 1.82) is 0 Å². The Kier molecular flexibility index (Phi) is 1.43. The van der Waals surface area contributed by atoms with Crippen LogP contribution in [0.4, 0.5) is 0 Å². The highest BCUT2D eigenvalue weighted by Gasteiger charge is 2.34. The molecule has 4 nitrogen and oxygen atoms in total. The zero-order valence-electron chi connectivity index (χ0n) is 5.62. The Labute approximate surface area is 58.9 Å². The third-order valence-corrected chi connectivity index (χ3v) is 2.11. The molecule has 10 heavy (non-hydrogen) atoms. The van der Waals surface area contributed by atoms with Gasteiger partial charge in [0.2, 0.25) is 0 Å². The smallest absolute Gasteiger partial charge is 0.110 e. The summed E-state index contributed by atoms with van der Waals surface area (Å²) < 4.78 is 5.30. The summed E-state index contributed by atoms with van der Waals surface area (Å²) in [5, 5.41) is 6.25. The average molecular weight is 142 g/mol. The number of hydrogen-bond donors (Lipinski definition) is 1. The number of hydrogen-bond acceptors (Lipinski definition) is 4. The highest BCUT2D eigenvalue weighted by Crippen LogP contribution is 2.22. The number of piperidine rings is 1. The lowest BCUT2D eigenvalue weighted by atomic mass is 10.0. The van der Waals surface area contributed by atoms with Gasteiger partial charge < -0.3 is 4.74 Å². The Hall–Kier alpha value is -0.480. The van der Waals surface area contributed by atoms with Gasteiger partial charge in [0.25, 0.3) is 0 Å². The number of nitrogens with one attached hydrogen (secondary N) is 1. The summed E-state index contributed by atoms with van der Waals surface area (Å²) >= 11 is 0. The van der Waals surface area contributed by atoms with Crippen molar-refractivity contribution in [2.45, 2.75) is 31.2 Å². The zero-order valence-corrected chi connectivity index (χ0v) is 5.62. The highest BCUT2D eigenvalue weighted by molar-refractivity contribution is 4.89. The van der Waals surface area contributed by atoms with Crippen LogP contribution in [0, 0.1) is 4.91 Å². The second-order valence-corrected chi connectivity index (χ2v) is 2.92. The lowest BCUT2D eigenvalue weighted by Gasteiger charge is -2.21. The van der Waals surface area contributed by atoms with E-state index in [1.165, 1.54) is 0 Å². The first-order valence-electron chi connectivity index (χ1n) is 3.58. The van der Waals surface area contributed by atoms with Crippen LogP contribution in [0.5, 0.6) is 0 Å². The largest absolute Gasteiger partial charge is 0.362 e. The number of fused-ring (bicyclic) bond motifs is 2. The molecule has 0 saturated carbocycles. The third-order valence-electron chi connectivity index (χ3n) is 2.11. The van der Waals surface area contributed by atoms with Gasteiger partial charge in [-0.25, -0.2) is 0 Å². The molecule has 0 radical (unpaired) electrons. The molecule has 2 aliphatic rings. The maximum Gasteiger partial charge on any atom is 0.110 e. The number of nitrogens with zero attached hydrogens (tertiary/aromatic N) is 1. The number of nitroso groups, excluding NO2 is 1. The molecule has 2 fully saturated rings. The van der Waals surface area contributed by atoms with Gasteiger partial charge in [-0.05, 0) is 6.42 Å². The predicted octanol–water partition coefficient (Wildman–Crippen LogP) is 0.230. The molecule has 0 aromatic rings. The molecule has 0 aromatic carbocycles. The first kappa shape index (κ1) is 6.24. The highest BCUT2D eigenvalue weighted by atomic mass is 16.5. The molecule has 2 bridgehead atoms. The van der Waals surface area contributed by atoms with E-state index in [-0.39, 0.29) is 12.3 Å². The van der Waals surface area contributed by atoms with Gasteiger partial charge in [0, 0.05) is 12.5 Å².